The predicted octanol–water partition coefficient (Wildman–Crippen LogP) is 0.779. The number of hydrogen-bond donors (Lipinski definition) is 2. The Balaban J connectivity index is 2.88. The lowest BCUT2D eigenvalue weighted by Crippen LogP contribution is -2.44. The lowest BCUT2D eigenvalue weighted by atomic mass is 10.1. The summed E-state index contributed by atoms with van der Waals surface area (Å²) in [6.07, 6.45) is 1.64. The summed E-state index contributed by atoms with van der Waals surface area (Å²) < 4.78 is 27.8. The van der Waals surface area contributed by atoms with E-state index in [1.807, 2.05) is 6.92 Å². The smallest absolute Gasteiger partial charge is 0.280 e. The summed E-state index contributed by atoms with van der Waals surface area (Å²) in [6.45, 7) is 2.37. The largest absolute Gasteiger partial charge is 0.368 e. The first-order valence-electron chi connectivity index (χ1n) is 6.46. The highest BCUT2D eigenvalue weighted by Gasteiger charge is 2.26. The zero-order valence-electron chi connectivity index (χ0n) is 11.7. The molecule has 1 aromatic rings. The van der Waals surface area contributed by atoms with Crippen LogP contribution in [0.5, 0.6) is 0 Å². The van der Waals surface area contributed by atoms with Gasteiger partial charge in [0.25, 0.3) is 10.2 Å². The number of hydrogen-bond acceptors (Lipinski definition) is 3. The van der Waals surface area contributed by atoms with E-state index >= 15 is 0 Å². The number of rotatable bonds is 8. The molecule has 0 spiro atoms. The Bertz CT molecular complexity index is 531. The number of nitrogens with one attached hydrogen (secondary N) is 1. The number of primary amides is 1. The van der Waals surface area contributed by atoms with Crippen LogP contribution in [0, 0.1) is 0 Å². The first kappa shape index (κ1) is 16.6. The number of amides is 1. The van der Waals surface area contributed by atoms with Crippen LogP contribution in [-0.4, -0.2) is 32.2 Å². The van der Waals surface area contributed by atoms with Crippen LogP contribution in [0.25, 0.3) is 0 Å². The molecule has 6 nitrogen and oxygen atoms in total. The van der Waals surface area contributed by atoms with Crippen molar-refractivity contribution >= 4 is 16.1 Å². The predicted molar refractivity (Wildman–Crippen MR) is 78.0 cm³/mol. The standard InChI is InChI=1S/C13H21N3O3S/c1-3-4-10-16(2)20(18,19)15-12(13(14)17)11-8-6-5-7-9-11/h5-9,12,15H,3-4,10H2,1-2H3,(H2,14,17)/t12-/m0/s1. The number of nitrogens with two attached hydrogens (primary N) is 1. The highest BCUT2D eigenvalue weighted by atomic mass is 32.2. The van der Waals surface area contributed by atoms with Crippen LogP contribution in [0.1, 0.15) is 31.4 Å². The lowest BCUT2D eigenvalue weighted by Gasteiger charge is -2.21. The van der Waals surface area contributed by atoms with Gasteiger partial charge in [0.05, 0.1) is 0 Å². The lowest BCUT2D eigenvalue weighted by molar-refractivity contribution is -0.119. The Kier molecular flexibility index (Phi) is 6.12. The molecule has 1 amide bonds. The van der Waals surface area contributed by atoms with Gasteiger partial charge in [0.2, 0.25) is 5.91 Å². The zero-order chi connectivity index (χ0) is 15.2. The van der Waals surface area contributed by atoms with Crippen molar-refractivity contribution in [1.29, 1.82) is 0 Å². The van der Waals surface area contributed by atoms with Crippen molar-refractivity contribution in [3.8, 4) is 0 Å². The normalized spacial score (nSPS) is 13.3. The van der Waals surface area contributed by atoms with Crippen molar-refractivity contribution in [2.24, 2.45) is 5.73 Å². The van der Waals surface area contributed by atoms with Gasteiger partial charge in [0.1, 0.15) is 6.04 Å². The molecular weight excluding hydrogens is 278 g/mol. The van der Waals surface area contributed by atoms with Crippen LogP contribution in [0.15, 0.2) is 30.3 Å². The molecule has 0 aromatic heterocycles. The Hall–Kier alpha value is -1.44. The van der Waals surface area contributed by atoms with Gasteiger partial charge >= 0.3 is 0 Å². The minimum atomic E-state index is -3.74. The summed E-state index contributed by atoms with van der Waals surface area (Å²) >= 11 is 0. The van der Waals surface area contributed by atoms with E-state index in [9.17, 15) is 13.2 Å². The third kappa shape index (κ3) is 4.59. The first-order chi connectivity index (χ1) is 9.38. The molecule has 1 rings (SSSR count). The Labute approximate surface area is 120 Å². The molecule has 0 radical (unpaired) electrons. The summed E-state index contributed by atoms with van der Waals surface area (Å²) in [4.78, 5) is 11.5. The minimum Gasteiger partial charge on any atom is -0.368 e. The van der Waals surface area contributed by atoms with Crippen molar-refractivity contribution in [3.05, 3.63) is 35.9 Å². The van der Waals surface area contributed by atoms with E-state index < -0.39 is 22.2 Å². The third-order valence-corrected chi connectivity index (χ3v) is 4.46. The van der Waals surface area contributed by atoms with Gasteiger partial charge in [0, 0.05) is 13.6 Å². The molecule has 20 heavy (non-hydrogen) atoms. The molecule has 0 heterocycles. The van der Waals surface area contributed by atoms with E-state index in [2.05, 4.69) is 4.72 Å². The molecule has 0 saturated heterocycles. The molecule has 0 aliphatic rings. The molecule has 0 aliphatic heterocycles. The second-order valence-corrected chi connectivity index (χ2v) is 6.35. The van der Waals surface area contributed by atoms with E-state index in [1.165, 1.54) is 11.4 Å². The molecule has 0 fully saturated rings. The molecule has 0 bridgehead atoms. The monoisotopic (exact) mass is 299 g/mol. The molecule has 1 aromatic carbocycles. The van der Waals surface area contributed by atoms with E-state index in [0.29, 0.717) is 12.1 Å². The van der Waals surface area contributed by atoms with E-state index in [4.69, 9.17) is 5.73 Å². The topological polar surface area (TPSA) is 92.5 Å². The number of unbranched alkanes of at least 4 members (excludes halogenated alkanes) is 1. The van der Waals surface area contributed by atoms with Crippen LogP contribution in [0.3, 0.4) is 0 Å². The fourth-order valence-electron chi connectivity index (χ4n) is 1.68. The molecule has 0 aliphatic carbocycles. The van der Waals surface area contributed by atoms with Gasteiger partial charge in [-0.1, -0.05) is 43.7 Å². The maximum atomic E-state index is 12.1. The van der Waals surface area contributed by atoms with Gasteiger partial charge in [-0.25, -0.2) is 0 Å². The molecule has 3 N–H and O–H groups in total. The van der Waals surface area contributed by atoms with Gasteiger partial charge in [-0.15, -0.1) is 0 Å². The second-order valence-electron chi connectivity index (χ2n) is 4.54. The summed E-state index contributed by atoms with van der Waals surface area (Å²) in [5.74, 6) is -0.733. The second kappa shape index (κ2) is 7.37. The van der Waals surface area contributed by atoms with Crippen LogP contribution in [-0.2, 0) is 15.0 Å². The zero-order valence-corrected chi connectivity index (χ0v) is 12.6. The third-order valence-electron chi connectivity index (χ3n) is 2.92. The number of nitrogens with zero attached hydrogens (tertiary/aromatic N) is 1. The highest BCUT2D eigenvalue weighted by molar-refractivity contribution is 7.87. The summed E-state index contributed by atoms with van der Waals surface area (Å²) in [5, 5.41) is 0. The van der Waals surface area contributed by atoms with E-state index in [0.717, 1.165) is 12.8 Å². The van der Waals surface area contributed by atoms with Crippen molar-refractivity contribution < 1.29 is 13.2 Å². The minimum absolute atomic E-state index is 0.395. The summed E-state index contributed by atoms with van der Waals surface area (Å²) in [5.41, 5.74) is 5.81. The number of carbonyl (C=O) groups excluding carboxylic acids is 1. The van der Waals surface area contributed by atoms with Crippen molar-refractivity contribution in [3.63, 3.8) is 0 Å². The molecule has 112 valence electrons. The van der Waals surface area contributed by atoms with Gasteiger partial charge in [0.15, 0.2) is 0 Å². The fraction of sp³-hybridized carbons (Fsp3) is 0.462. The summed E-state index contributed by atoms with van der Waals surface area (Å²) in [7, 11) is -2.27. The average molecular weight is 299 g/mol. The van der Waals surface area contributed by atoms with Crippen LogP contribution in [0.2, 0.25) is 0 Å². The molecule has 7 heteroatoms. The van der Waals surface area contributed by atoms with Gasteiger partial charge in [-0.05, 0) is 12.0 Å². The Morgan fingerprint density at radius 1 is 1.35 bits per heavy atom. The van der Waals surface area contributed by atoms with Crippen molar-refractivity contribution in [1.82, 2.24) is 9.03 Å². The molecule has 1 atom stereocenters. The van der Waals surface area contributed by atoms with Crippen LogP contribution >= 0.6 is 0 Å². The number of benzene rings is 1. The fourth-order valence-corrected chi connectivity index (χ4v) is 2.78. The first-order valence-corrected chi connectivity index (χ1v) is 7.90. The maximum absolute atomic E-state index is 12.1. The quantitative estimate of drug-likeness (QED) is 0.743. The van der Waals surface area contributed by atoms with Crippen molar-refractivity contribution in [2.45, 2.75) is 25.8 Å². The molecule has 0 saturated carbocycles. The maximum Gasteiger partial charge on any atom is 0.280 e. The highest BCUT2D eigenvalue weighted by Crippen LogP contribution is 2.14. The Morgan fingerprint density at radius 2 is 1.95 bits per heavy atom. The van der Waals surface area contributed by atoms with E-state index in [-0.39, 0.29) is 0 Å². The number of carbonyl (C=O) groups is 1. The van der Waals surface area contributed by atoms with E-state index in [1.54, 1.807) is 30.3 Å². The van der Waals surface area contributed by atoms with Crippen LogP contribution < -0.4 is 10.5 Å². The SMILES string of the molecule is CCCCN(C)S(=O)(=O)N[C@H](C(N)=O)c1ccccc1. The molecular formula is C13H21N3O3S. The van der Waals surface area contributed by atoms with Gasteiger partial charge in [-0.3, -0.25) is 4.79 Å². The van der Waals surface area contributed by atoms with Crippen molar-refractivity contribution in [2.75, 3.05) is 13.6 Å². The average Bonchev–Trinajstić information content (AvgIpc) is 2.42. The van der Waals surface area contributed by atoms with Gasteiger partial charge in [-0.2, -0.15) is 17.4 Å². The van der Waals surface area contributed by atoms with Gasteiger partial charge < -0.3 is 5.73 Å². The Morgan fingerprint density at radius 3 is 2.45 bits per heavy atom. The van der Waals surface area contributed by atoms with Crippen LogP contribution in [0.4, 0.5) is 0 Å². The summed E-state index contributed by atoms with van der Waals surface area (Å²) in [6, 6.07) is 7.48. The molecule has 0 unspecified atom stereocenters.